The van der Waals surface area contributed by atoms with Crippen LogP contribution in [0.2, 0.25) is 0 Å². The topological polar surface area (TPSA) is 85.6 Å². The Labute approximate surface area is 166 Å². The lowest BCUT2D eigenvalue weighted by Gasteiger charge is -2.31. The Kier molecular flexibility index (Phi) is 3.77. The number of furan rings is 2. The molecule has 0 amide bonds. The lowest BCUT2D eigenvalue weighted by molar-refractivity contribution is 0.0694. The third-order valence-electron chi connectivity index (χ3n) is 5.69. The van der Waals surface area contributed by atoms with E-state index in [1.165, 1.54) is 12.3 Å². The van der Waals surface area contributed by atoms with Crippen molar-refractivity contribution in [3.63, 3.8) is 0 Å². The normalized spacial score (nSPS) is 15.5. The van der Waals surface area contributed by atoms with Gasteiger partial charge in [0.25, 0.3) is 0 Å². The summed E-state index contributed by atoms with van der Waals surface area (Å²) in [7, 11) is 0. The second-order valence-corrected chi connectivity index (χ2v) is 7.73. The summed E-state index contributed by atoms with van der Waals surface area (Å²) in [5, 5.41) is 10.4. The number of carboxylic acids is 1. The molecule has 1 atom stereocenters. The number of hydrogen-bond acceptors (Lipinski definition) is 4. The highest BCUT2D eigenvalue weighted by atomic mass is 16.4. The predicted octanol–water partition coefficient (Wildman–Crippen LogP) is 4.97. The molecule has 3 aromatic heterocycles. The maximum Gasteiger partial charge on any atom is 0.341 e. The number of aromatic nitrogens is 1. The van der Waals surface area contributed by atoms with Crippen LogP contribution in [0, 0.1) is 5.92 Å². The number of hydrogen-bond donors (Lipinski definition) is 1. The summed E-state index contributed by atoms with van der Waals surface area (Å²) in [5.41, 5.74) is 2.45. The zero-order chi connectivity index (χ0) is 20.3. The molecular formula is C23H19NO5. The van der Waals surface area contributed by atoms with E-state index in [0.717, 1.165) is 16.5 Å². The van der Waals surface area contributed by atoms with Crippen molar-refractivity contribution in [2.24, 2.45) is 5.92 Å². The number of carboxylic acid groups (broad SMARTS) is 1. The van der Waals surface area contributed by atoms with Crippen molar-refractivity contribution in [3.05, 3.63) is 70.2 Å². The average Bonchev–Trinajstić information content (AvgIpc) is 3.34. The van der Waals surface area contributed by atoms with Crippen LogP contribution >= 0.6 is 0 Å². The van der Waals surface area contributed by atoms with Crippen LogP contribution in [0.5, 0.6) is 0 Å². The Morgan fingerprint density at radius 2 is 2.07 bits per heavy atom. The van der Waals surface area contributed by atoms with Crippen molar-refractivity contribution >= 4 is 16.9 Å². The number of carbonyl (C=O) groups is 1. The van der Waals surface area contributed by atoms with E-state index in [-0.39, 0.29) is 17.5 Å². The van der Waals surface area contributed by atoms with Crippen molar-refractivity contribution in [1.82, 2.24) is 4.57 Å². The maximum atomic E-state index is 12.4. The minimum atomic E-state index is -1.22. The van der Waals surface area contributed by atoms with Crippen molar-refractivity contribution < 1.29 is 18.7 Å². The van der Waals surface area contributed by atoms with Gasteiger partial charge in [0.1, 0.15) is 16.9 Å². The number of aromatic carboxylic acids is 1. The van der Waals surface area contributed by atoms with Gasteiger partial charge < -0.3 is 18.5 Å². The third-order valence-corrected chi connectivity index (χ3v) is 5.69. The summed E-state index contributed by atoms with van der Waals surface area (Å²) in [6.45, 7) is 4.18. The van der Waals surface area contributed by atoms with Gasteiger partial charge in [0.2, 0.25) is 0 Å². The molecule has 1 aromatic carbocycles. The molecule has 0 spiro atoms. The fourth-order valence-corrected chi connectivity index (χ4v) is 4.24. The summed E-state index contributed by atoms with van der Waals surface area (Å²) in [5.74, 6) is 0.346. The van der Waals surface area contributed by atoms with Crippen LogP contribution in [0.25, 0.3) is 33.7 Å². The Morgan fingerprint density at radius 1 is 1.24 bits per heavy atom. The van der Waals surface area contributed by atoms with Crippen LogP contribution in [0.3, 0.4) is 0 Å². The molecule has 4 heterocycles. The minimum Gasteiger partial charge on any atom is -0.477 e. The molecule has 0 fully saturated rings. The molecular weight excluding hydrogens is 370 g/mol. The van der Waals surface area contributed by atoms with Crippen LogP contribution in [0.15, 0.2) is 62.5 Å². The van der Waals surface area contributed by atoms with E-state index < -0.39 is 11.4 Å². The van der Waals surface area contributed by atoms with E-state index >= 15 is 0 Å². The SMILES string of the molecule is CC(C)C1Cc2c(oc3c(-c4ccco4)cccc23)-c2cc(=O)c(C(=O)O)cn21. The predicted molar refractivity (Wildman–Crippen MR) is 108 cm³/mol. The molecule has 0 saturated carbocycles. The molecule has 1 aliphatic heterocycles. The summed E-state index contributed by atoms with van der Waals surface area (Å²) in [6.07, 6.45) is 3.76. The monoisotopic (exact) mass is 389 g/mol. The molecule has 29 heavy (non-hydrogen) atoms. The Bertz CT molecular complexity index is 1310. The third kappa shape index (κ3) is 2.56. The standard InChI is InChI=1S/C23H19NO5/c1-12(2)17-9-15-13-5-3-6-14(20-7-4-8-28-20)21(13)29-22(15)18-10-19(25)16(23(26)27)11-24(17)18/h3-8,10-12,17H,9H2,1-2H3,(H,26,27). The fraction of sp³-hybridized carbons (Fsp3) is 0.217. The van der Waals surface area contributed by atoms with Crippen LogP contribution in [-0.4, -0.2) is 15.6 Å². The molecule has 4 aromatic rings. The van der Waals surface area contributed by atoms with E-state index in [0.29, 0.717) is 29.2 Å². The second-order valence-electron chi connectivity index (χ2n) is 7.73. The first kappa shape index (κ1) is 17.6. The summed E-state index contributed by atoms with van der Waals surface area (Å²) < 4.78 is 13.7. The number of pyridine rings is 1. The van der Waals surface area contributed by atoms with E-state index in [9.17, 15) is 14.7 Å². The van der Waals surface area contributed by atoms with Gasteiger partial charge in [-0.05, 0) is 30.5 Å². The Balaban J connectivity index is 1.83. The zero-order valence-electron chi connectivity index (χ0n) is 16.0. The Morgan fingerprint density at radius 3 is 2.76 bits per heavy atom. The smallest absolute Gasteiger partial charge is 0.341 e. The highest BCUT2D eigenvalue weighted by molar-refractivity contribution is 5.97. The first-order valence-electron chi connectivity index (χ1n) is 9.54. The summed E-state index contributed by atoms with van der Waals surface area (Å²) in [6, 6.07) is 11.0. The first-order chi connectivity index (χ1) is 14.0. The van der Waals surface area contributed by atoms with Gasteiger partial charge in [-0.15, -0.1) is 0 Å². The van der Waals surface area contributed by atoms with E-state index in [2.05, 4.69) is 13.8 Å². The molecule has 146 valence electrons. The average molecular weight is 389 g/mol. The molecule has 5 rings (SSSR count). The van der Waals surface area contributed by atoms with E-state index in [4.69, 9.17) is 8.83 Å². The number of nitrogens with zero attached hydrogens (tertiary/aromatic N) is 1. The van der Waals surface area contributed by atoms with Crippen molar-refractivity contribution in [2.75, 3.05) is 0 Å². The molecule has 0 radical (unpaired) electrons. The second kappa shape index (κ2) is 6.24. The fourth-order valence-electron chi connectivity index (χ4n) is 4.24. The number of benzene rings is 1. The van der Waals surface area contributed by atoms with Gasteiger partial charge in [-0.25, -0.2) is 4.79 Å². The molecule has 0 bridgehead atoms. The van der Waals surface area contributed by atoms with Crippen molar-refractivity contribution in [3.8, 4) is 22.8 Å². The summed E-state index contributed by atoms with van der Waals surface area (Å²) >= 11 is 0. The van der Waals surface area contributed by atoms with Crippen LogP contribution < -0.4 is 5.43 Å². The largest absolute Gasteiger partial charge is 0.477 e. The summed E-state index contributed by atoms with van der Waals surface area (Å²) in [4.78, 5) is 23.9. The van der Waals surface area contributed by atoms with Crippen LogP contribution in [0.1, 0.15) is 35.8 Å². The molecule has 0 aliphatic carbocycles. The highest BCUT2D eigenvalue weighted by Crippen LogP contribution is 2.44. The van der Waals surface area contributed by atoms with Gasteiger partial charge >= 0.3 is 5.97 Å². The molecule has 1 N–H and O–H groups in total. The minimum absolute atomic E-state index is 0.0178. The highest BCUT2D eigenvalue weighted by Gasteiger charge is 2.32. The molecule has 1 unspecified atom stereocenters. The number of para-hydroxylation sites is 1. The van der Waals surface area contributed by atoms with Gasteiger partial charge in [-0.1, -0.05) is 26.0 Å². The quantitative estimate of drug-likeness (QED) is 0.534. The molecule has 0 saturated heterocycles. The zero-order valence-corrected chi connectivity index (χ0v) is 16.0. The van der Waals surface area contributed by atoms with Gasteiger partial charge in [-0.2, -0.15) is 0 Å². The van der Waals surface area contributed by atoms with Gasteiger partial charge in [0.05, 0.1) is 17.5 Å². The molecule has 6 nitrogen and oxygen atoms in total. The van der Waals surface area contributed by atoms with Crippen LogP contribution in [0.4, 0.5) is 0 Å². The van der Waals surface area contributed by atoms with E-state index in [1.807, 2.05) is 34.9 Å². The van der Waals surface area contributed by atoms with E-state index in [1.54, 1.807) is 6.26 Å². The van der Waals surface area contributed by atoms with Gasteiger partial charge in [0, 0.05) is 29.3 Å². The number of fused-ring (bicyclic) bond motifs is 5. The van der Waals surface area contributed by atoms with Gasteiger partial charge in [0.15, 0.2) is 11.2 Å². The lowest BCUT2D eigenvalue weighted by Crippen LogP contribution is -2.27. The maximum absolute atomic E-state index is 12.4. The van der Waals surface area contributed by atoms with Crippen molar-refractivity contribution in [2.45, 2.75) is 26.3 Å². The van der Waals surface area contributed by atoms with Crippen molar-refractivity contribution in [1.29, 1.82) is 0 Å². The molecule has 6 heteroatoms. The molecule has 1 aliphatic rings. The Hall–Kier alpha value is -3.54. The van der Waals surface area contributed by atoms with Gasteiger partial charge in [-0.3, -0.25) is 4.79 Å². The van der Waals surface area contributed by atoms with Crippen LogP contribution in [-0.2, 0) is 6.42 Å². The lowest BCUT2D eigenvalue weighted by atomic mass is 9.89. The number of rotatable bonds is 3. The first-order valence-corrected chi connectivity index (χ1v) is 9.54.